The molecule has 1 aromatic heterocycles. The highest BCUT2D eigenvalue weighted by molar-refractivity contribution is 8.13. The van der Waals surface area contributed by atoms with Crippen LogP contribution in [0.4, 0.5) is 0 Å². The topological polar surface area (TPSA) is 39.1 Å². The summed E-state index contributed by atoms with van der Waals surface area (Å²) >= 11 is 5.85. The largest absolute Gasteiger partial charge is 0.331 e. The monoisotopic (exact) mass is 277 g/mol. The molecule has 0 saturated carbocycles. The van der Waals surface area contributed by atoms with Crippen molar-refractivity contribution in [3.05, 3.63) is 29.3 Å². The van der Waals surface area contributed by atoms with Crippen LogP contribution in [0, 0.1) is 0 Å². The summed E-state index contributed by atoms with van der Waals surface area (Å²) in [7, 11) is 1.64. The quantitative estimate of drug-likeness (QED) is 0.791. The number of nitrogens with zero attached hydrogens (tertiary/aromatic N) is 1. The van der Waals surface area contributed by atoms with Gasteiger partial charge in [0.1, 0.15) is 0 Å². The van der Waals surface area contributed by atoms with Gasteiger partial charge in [-0.25, -0.2) is 8.42 Å². The average Bonchev–Trinajstić information content (AvgIpc) is 2.54. The van der Waals surface area contributed by atoms with Gasteiger partial charge in [-0.1, -0.05) is 11.6 Å². The van der Waals surface area contributed by atoms with E-state index in [-0.39, 0.29) is 5.03 Å². The minimum absolute atomic E-state index is 0.105. The first-order valence-electron chi connectivity index (χ1n) is 4.67. The first kappa shape index (κ1) is 11.8. The molecule has 86 valence electrons. The zero-order chi connectivity index (χ0) is 11.9. The summed E-state index contributed by atoms with van der Waals surface area (Å²) in [5.74, 6) is 0. The Balaban J connectivity index is 2.86. The molecule has 0 radical (unpaired) electrons. The van der Waals surface area contributed by atoms with E-state index in [1.807, 2.05) is 6.92 Å². The molecule has 2 rings (SSSR count). The summed E-state index contributed by atoms with van der Waals surface area (Å²) < 4.78 is 24.4. The van der Waals surface area contributed by atoms with Gasteiger partial charge >= 0.3 is 0 Å². The Kier molecular flexibility index (Phi) is 2.90. The van der Waals surface area contributed by atoms with E-state index in [1.165, 1.54) is 6.07 Å². The number of fused-ring (bicyclic) bond motifs is 1. The molecule has 0 atom stereocenters. The highest BCUT2D eigenvalue weighted by Crippen LogP contribution is 2.27. The van der Waals surface area contributed by atoms with Crippen LogP contribution in [-0.2, 0) is 15.6 Å². The van der Waals surface area contributed by atoms with Crippen molar-refractivity contribution in [3.8, 4) is 0 Å². The molecular weight excluding hydrogens is 269 g/mol. The summed E-state index contributed by atoms with van der Waals surface area (Å²) in [6.07, 6.45) is 0. The number of aryl methyl sites for hydroxylation is 1. The molecule has 0 aliphatic rings. The zero-order valence-corrected chi connectivity index (χ0v) is 10.8. The maximum atomic E-state index is 11.4. The predicted octanol–water partition coefficient (Wildman–Crippen LogP) is 3.24. The smallest absolute Gasteiger partial charge is 0.276 e. The minimum atomic E-state index is -3.73. The zero-order valence-electron chi connectivity index (χ0n) is 8.44. The maximum absolute atomic E-state index is 11.4. The van der Waals surface area contributed by atoms with Crippen molar-refractivity contribution < 1.29 is 8.42 Å². The predicted molar refractivity (Wildman–Crippen MR) is 65.7 cm³/mol. The molecule has 0 unspecified atom stereocenters. The third-order valence-corrected chi connectivity index (χ3v) is 3.94. The molecule has 0 aliphatic heterocycles. The lowest BCUT2D eigenvalue weighted by molar-refractivity contribution is 0.594. The standard InChI is InChI=1S/C10H9Cl2NO2S/c1-2-13-9-4-3-8(11)5-7(9)6-10(13)16(12,14)15/h3-6H,2H2,1H3. The number of benzene rings is 1. The first-order chi connectivity index (χ1) is 7.43. The molecule has 16 heavy (non-hydrogen) atoms. The lowest BCUT2D eigenvalue weighted by Gasteiger charge is -2.04. The van der Waals surface area contributed by atoms with Crippen molar-refractivity contribution in [3.63, 3.8) is 0 Å². The Morgan fingerprint density at radius 2 is 2.00 bits per heavy atom. The lowest BCUT2D eigenvalue weighted by atomic mass is 10.2. The van der Waals surface area contributed by atoms with Crippen molar-refractivity contribution in [1.82, 2.24) is 4.57 Å². The van der Waals surface area contributed by atoms with Crippen molar-refractivity contribution >= 4 is 42.2 Å². The molecule has 0 fully saturated rings. The van der Waals surface area contributed by atoms with Crippen LogP contribution in [0.5, 0.6) is 0 Å². The van der Waals surface area contributed by atoms with Gasteiger partial charge in [-0.05, 0) is 31.2 Å². The van der Waals surface area contributed by atoms with Gasteiger partial charge in [0, 0.05) is 33.2 Å². The third-order valence-electron chi connectivity index (χ3n) is 2.39. The number of hydrogen-bond donors (Lipinski definition) is 0. The summed E-state index contributed by atoms with van der Waals surface area (Å²) in [5.41, 5.74) is 0.811. The molecule has 3 nitrogen and oxygen atoms in total. The van der Waals surface area contributed by atoms with Crippen LogP contribution in [0.3, 0.4) is 0 Å². The summed E-state index contributed by atoms with van der Waals surface area (Å²) in [6.45, 7) is 2.39. The van der Waals surface area contributed by atoms with Crippen LogP contribution >= 0.6 is 22.3 Å². The fraction of sp³-hybridized carbons (Fsp3) is 0.200. The number of aromatic nitrogens is 1. The molecule has 0 spiro atoms. The van der Waals surface area contributed by atoms with Gasteiger partial charge in [-0.2, -0.15) is 0 Å². The van der Waals surface area contributed by atoms with Crippen molar-refractivity contribution in [2.24, 2.45) is 0 Å². The van der Waals surface area contributed by atoms with Crippen molar-refractivity contribution in [2.45, 2.75) is 18.5 Å². The molecular formula is C10H9Cl2NO2S. The van der Waals surface area contributed by atoms with Gasteiger partial charge in [-0.15, -0.1) is 0 Å². The molecule has 0 bridgehead atoms. The molecule has 0 amide bonds. The Morgan fingerprint density at radius 3 is 2.56 bits per heavy atom. The van der Waals surface area contributed by atoms with E-state index in [1.54, 1.807) is 22.8 Å². The van der Waals surface area contributed by atoms with Gasteiger partial charge in [0.05, 0.1) is 0 Å². The fourth-order valence-corrected chi connectivity index (χ4v) is 3.07. The van der Waals surface area contributed by atoms with Gasteiger partial charge < -0.3 is 4.57 Å². The van der Waals surface area contributed by atoms with Gasteiger partial charge in [0.2, 0.25) is 0 Å². The second kappa shape index (κ2) is 3.95. The van der Waals surface area contributed by atoms with E-state index in [0.717, 1.165) is 10.9 Å². The number of hydrogen-bond acceptors (Lipinski definition) is 2. The van der Waals surface area contributed by atoms with Crippen LogP contribution in [0.15, 0.2) is 29.3 Å². The summed E-state index contributed by atoms with van der Waals surface area (Å²) in [5, 5.41) is 1.45. The van der Waals surface area contributed by atoms with E-state index >= 15 is 0 Å². The van der Waals surface area contributed by atoms with Crippen molar-refractivity contribution in [1.29, 1.82) is 0 Å². The highest BCUT2D eigenvalue weighted by Gasteiger charge is 2.18. The van der Waals surface area contributed by atoms with Crippen LogP contribution in [0.1, 0.15) is 6.92 Å². The van der Waals surface area contributed by atoms with Crippen molar-refractivity contribution in [2.75, 3.05) is 0 Å². The summed E-state index contributed by atoms with van der Waals surface area (Å²) in [6, 6.07) is 6.76. The van der Waals surface area contributed by atoms with Crippen LogP contribution in [-0.4, -0.2) is 13.0 Å². The molecule has 0 aliphatic carbocycles. The van der Waals surface area contributed by atoms with Gasteiger partial charge in [0.25, 0.3) is 9.05 Å². The molecule has 2 aromatic rings. The fourth-order valence-electron chi connectivity index (χ4n) is 1.74. The van der Waals surface area contributed by atoms with E-state index in [4.69, 9.17) is 22.3 Å². The minimum Gasteiger partial charge on any atom is -0.331 e. The number of halogens is 2. The Hall–Kier alpha value is -0.710. The molecule has 0 saturated heterocycles. The van der Waals surface area contributed by atoms with Gasteiger partial charge in [0.15, 0.2) is 5.03 Å². The number of rotatable bonds is 2. The third kappa shape index (κ3) is 1.93. The summed E-state index contributed by atoms with van der Waals surface area (Å²) in [4.78, 5) is 0. The highest BCUT2D eigenvalue weighted by atomic mass is 35.7. The average molecular weight is 278 g/mol. The van der Waals surface area contributed by atoms with Gasteiger partial charge in [-0.3, -0.25) is 0 Å². The SMILES string of the molecule is CCn1c(S(=O)(=O)Cl)cc2cc(Cl)ccc21. The van der Waals surface area contributed by atoms with E-state index in [9.17, 15) is 8.42 Å². The van der Waals surface area contributed by atoms with Crippen LogP contribution in [0.25, 0.3) is 10.9 Å². The molecule has 1 aromatic carbocycles. The maximum Gasteiger partial charge on any atom is 0.276 e. The van der Waals surface area contributed by atoms with E-state index in [0.29, 0.717) is 11.6 Å². The normalized spacial score (nSPS) is 12.2. The Morgan fingerprint density at radius 1 is 1.31 bits per heavy atom. The Bertz CT molecular complexity index is 646. The second-order valence-electron chi connectivity index (χ2n) is 3.37. The van der Waals surface area contributed by atoms with E-state index < -0.39 is 9.05 Å². The molecule has 0 N–H and O–H groups in total. The first-order valence-corrected chi connectivity index (χ1v) is 7.35. The molecule has 6 heteroatoms. The van der Waals surface area contributed by atoms with Crippen LogP contribution < -0.4 is 0 Å². The molecule has 1 heterocycles. The second-order valence-corrected chi connectivity index (χ2v) is 6.32. The van der Waals surface area contributed by atoms with E-state index in [2.05, 4.69) is 0 Å². The Labute approximate surface area is 103 Å². The lowest BCUT2D eigenvalue weighted by Crippen LogP contribution is -2.02. The van der Waals surface area contributed by atoms with Crippen LogP contribution in [0.2, 0.25) is 5.02 Å².